The third-order valence-electron chi connectivity index (χ3n) is 7.40. The van der Waals surface area contributed by atoms with Crippen LogP contribution in [0.3, 0.4) is 0 Å². The largest absolute Gasteiger partial charge is 0.327 e. The average Bonchev–Trinajstić information content (AvgIpc) is 2.74. The molecule has 2 aliphatic heterocycles. The van der Waals surface area contributed by atoms with Crippen molar-refractivity contribution >= 4 is 11.9 Å². The molecule has 5 heteroatoms. The summed E-state index contributed by atoms with van der Waals surface area (Å²) in [5.41, 5.74) is -1.06. The standard InChI is InChI=1S/C19H33N3O2/c1-9-12-22-15(23)19(20(7)16(22)24)13-17(5,10-2)21(8)18(6,11-3)14(19)4/h9,14H,1,10-13H2,2-8H3. The van der Waals surface area contributed by atoms with Crippen LogP contribution in [0.15, 0.2) is 12.7 Å². The van der Waals surface area contributed by atoms with Crippen LogP contribution in [0.4, 0.5) is 4.79 Å². The first-order valence-corrected chi connectivity index (χ1v) is 9.01. The summed E-state index contributed by atoms with van der Waals surface area (Å²) in [4.78, 5) is 31.7. The molecule has 0 saturated carbocycles. The second-order valence-corrected chi connectivity index (χ2v) is 7.99. The van der Waals surface area contributed by atoms with Gasteiger partial charge in [0.1, 0.15) is 5.54 Å². The summed E-state index contributed by atoms with van der Waals surface area (Å²) in [5, 5.41) is 0. The first kappa shape index (κ1) is 19.0. The van der Waals surface area contributed by atoms with Crippen molar-refractivity contribution in [1.29, 1.82) is 0 Å². The smallest absolute Gasteiger partial charge is 0.312 e. The van der Waals surface area contributed by atoms with Gasteiger partial charge in [0.25, 0.3) is 5.91 Å². The maximum absolute atomic E-state index is 13.4. The minimum Gasteiger partial charge on any atom is -0.312 e. The lowest BCUT2D eigenvalue weighted by Crippen LogP contribution is -2.74. The molecule has 5 nitrogen and oxygen atoms in total. The van der Waals surface area contributed by atoms with Gasteiger partial charge in [-0.15, -0.1) is 6.58 Å². The van der Waals surface area contributed by atoms with Crippen LogP contribution in [0.1, 0.15) is 53.9 Å². The van der Waals surface area contributed by atoms with Crippen molar-refractivity contribution in [3.63, 3.8) is 0 Å². The average molecular weight is 335 g/mol. The van der Waals surface area contributed by atoms with E-state index in [0.717, 1.165) is 12.8 Å². The van der Waals surface area contributed by atoms with Crippen molar-refractivity contribution in [2.75, 3.05) is 20.6 Å². The van der Waals surface area contributed by atoms with E-state index in [1.54, 1.807) is 18.0 Å². The Morgan fingerprint density at radius 3 is 2.25 bits per heavy atom. The monoisotopic (exact) mass is 335 g/mol. The van der Waals surface area contributed by atoms with Gasteiger partial charge in [0.2, 0.25) is 0 Å². The molecule has 0 bridgehead atoms. The van der Waals surface area contributed by atoms with Gasteiger partial charge >= 0.3 is 6.03 Å². The molecule has 1 spiro atoms. The number of hydrogen-bond donors (Lipinski definition) is 0. The van der Waals surface area contributed by atoms with Gasteiger partial charge in [-0.2, -0.15) is 0 Å². The lowest BCUT2D eigenvalue weighted by molar-refractivity contribution is -0.160. The third kappa shape index (κ3) is 2.10. The molecule has 24 heavy (non-hydrogen) atoms. The number of imide groups is 1. The normalized spacial score (nSPS) is 40.7. The quantitative estimate of drug-likeness (QED) is 0.586. The Labute approximate surface area is 146 Å². The Bertz CT molecular complexity index is 563. The molecular weight excluding hydrogens is 302 g/mol. The Hall–Kier alpha value is -1.36. The van der Waals surface area contributed by atoms with Crippen molar-refractivity contribution in [2.24, 2.45) is 5.92 Å². The number of urea groups is 1. The molecular formula is C19H33N3O2. The van der Waals surface area contributed by atoms with Crippen LogP contribution in [0.2, 0.25) is 0 Å². The summed E-state index contributed by atoms with van der Waals surface area (Å²) in [6.45, 7) is 14.9. The van der Waals surface area contributed by atoms with E-state index in [2.05, 4.69) is 53.1 Å². The van der Waals surface area contributed by atoms with E-state index in [0.29, 0.717) is 6.42 Å². The van der Waals surface area contributed by atoms with Crippen molar-refractivity contribution in [1.82, 2.24) is 14.7 Å². The fraction of sp³-hybridized carbons (Fsp3) is 0.789. The zero-order valence-electron chi connectivity index (χ0n) is 16.3. The maximum Gasteiger partial charge on any atom is 0.327 e. The molecule has 0 radical (unpaired) electrons. The molecule has 3 amide bonds. The molecule has 0 N–H and O–H groups in total. The zero-order valence-corrected chi connectivity index (χ0v) is 16.3. The summed E-state index contributed by atoms with van der Waals surface area (Å²) in [7, 11) is 3.95. The molecule has 0 aliphatic carbocycles. The van der Waals surface area contributed by atoms with Crippen molar-refractivity contribution in [3.8, 4) is 0 Å². The number of likely N-dealkylation sites (tertiary alicyclic amines) is 1. The van der Waals surface area contributed by atoms with Gasteiger partial charge < -0.3 is 4.90 Å². The van der Waals surface area contributed by atoms with E-state index < -0.39 is 5.54 Å². The number of hydrogen-bond acceptors (Lipinski definition) is 3. The molecule has 136 valence electrons. The molecule has 2 heterocycles. The van der Waals surface area contributed by atoms with Crippen molar-refractivity contribution < 1.29 is 9.59 Å². The summed E-state index contributed by atoms with van der Waals surface area (Å²) < 4.78 is 0. The second kappa shape index (κ2) is 5.87. The van der Waals surface area contributed by atoms with E-state index in [4.69, 9.17) is 0 Å². The van der Waals surface area contributed by atoms with Crippen LogP contribution in [0.5, 0.6) is 0 Å². The highest BCUT2D eigenvalue weighted by Gasteiger charge is 2.67. The lowest BCUT2D eigenvalue weighted by Gasteiger charge is -2.63. The molecule has 4 atom stereocenters. The van der Waals surface area contributed by atoms with E-state index in [-0.39, 0.29) is 35.5 Å². The summed E-state index contributed by atoms with van der Waals surface area (Å²) in [6, 6.07) is -0.201. The molecule has 2 rings (SSSR count). The van der Waals surface area contributed by atoms with Gasteiger partial charge in [0.05, 0.1) is 0 Å². The summed E-state index contributed by atoms with van der Waals surface area (Å²) in [6.07, 6.45) is 4.15. The SMILES string of the molecule is C=CCN1C(=O)N(C)C2(CC(C)(CC)N(C)C(C)(CC)C2C)C1=O. The van der Waals surface area contributed by atoms with E-state index in [1.165, 1.54) is 4.90 Å². The number of amides is 3. The summed E-state index contributed by atoms with van der Waals surface area (Å²) >= 11 is 0. The van der Waals surface area contributed by atoms with Crippen molar-refractivity contribution in [2.45, 2.75) is 70.5 Å². The Morgan fingerprint density at radius 2 is 1.79 bits per heavy atom. The molecule has 2 fully saturated rings. The number of rotatable bonds is 4. The third-order valence-corrected chi connectivity index (χ3v) is 7.40. The fourth-order valence-corrected chi connectivity index (χ4v) is 4.96. The number of likely N-dealkylation sites (N-methyl/N-ethyl adjacent to an activating group) is 1. The van der Waals surface area contributed by atoms with Crippen LogP contribution >= 0.6 is 0 Å². The molecule has 0 aromatic carbocycles. The van der Waals surface area contributed by atoms with Gasteiger partial charge in [-0.1, -0.05) is 26.8 Å². The molecule has 0 aromatic rings. The maximum atomic E-state index is 13.4. The Balaban J connectivity index is 2.65. The number of nitrogens with zero attached hydrogens (tertiary/aromatic N) is 3. The van der Waals surface area contributed by atoms with Gasteiger partial charge in [-0.05, 0) is 40.2 Å². The topological polar surface area (TPSA) is 43.9 Å². The minimum absolute atomic E-state index is 0.0379. The fourth-order valence-electron chi connectivity index (χ4n) is 4.96. The van der Waals surface area contributed by atoms with Crippen LogP contribution in [0, 0.1) is 5.92 Å². The highest BCUT2D eigenvalue weighted by molar-refractivity contribution is 6.07. The van der Waals surface area contributed by atoms with Gasteiger partial charge in [0, 0.05) is 30.6 Å². The highest BCUT2D eigenvalue weighted by Crippen LogP contribution is 2.53. The molecule has 2 aliphatic rings. The van der Waals surface area contributed by atoms with Crippen LogP contribution in [-0.2, 0) is 4.79 Å². The van der Waals surface area contributed by atoms with Crippen molar-refractivity contribution in [3.05, 3.63) is 12.7 Å². The minimum atomic E-state index is -0.776. The Morgan fingerprint density at radius 1 is 1.21 bits per heavy atom. The van der Waals surface area contributed by atoms with E-state index in [9.17, 15) is 9.59 Å². The first-order chi connectivity index (χ1) is 11.1. The number of carbonyl (C=O) groups is 2. The van der Waals surface area contributed by atoms with Crippen LogP contribution in [-0.4, -0.2) is 63.9 Å². The van der Waals surface area contributed by atoms with Crippen LogP contribution in [0.25, 0.3) is 0 Å². The Kier molecular flexibility index (Phi) is 4.64. The highest BCUT2D eigenvalue weighted by atomic mass is 16.2. The predicted octanol–water partition coefficient (Wildman–Crippen LogP) is 3.11. The van der Waals surface area contributed by atoms with E-state index >= 15 is 0 Å². The first-order valence-electron chi connectivity index (χ1n) is 9.01. The lowest BCUT2D eigenvalue weighted by atomic mass is 9.59. The molecule has 2 saturated heterocycles. The van der Waals surface area contributed by atoms with Gasteiger partial charge in [0.15, 0.2) is 0 Å². The summed E-state index contributed by atoms with van der Waals surface area (Å²) in [5.74, 6) is -0.0225. The van der Waals surface area contributed by atoms with Gasteiger partial charge in [-0.3, -0.25) is 14.6 Å². The number of piperidine rings is 1. The molecule has 0 aromatic heterocycles. The zero-order chi connectivity index (χ0) is 18.5. The number of carbonyl (C=O) groups excluding carboxylic acids is 2. The van der Waals surface area contributed by atoms with Crippen LogP contribution < -0.4 is 0 Å². The second-order valence-electron chi connectivity index (χ2n) is 7.99. The van der Waals surface area contributed by atoms with Gasteiger partial charge in [-0.25, -0.2) is 4.79 Å². The molecule has 4 unspecified atom stereocenters. The van der Waals surface area contributed by atoms with E-state index in [1.807, 2.05) is 0 Å². The predicted molar refractivity (Wildman–Crippen MR) is 96.7 cm³/mol.